The molecule has 6 nitrogen and oxygen atoms in total. The van der Waals surface area contributed by atoms with Crippen LogP contribution in [-0.2, 0) is 30.5 Å². The third kappa shape index (κ3) is 6.47. The summed E-state index contributed by atoms with van der Waals surface area (Å²) in [6.45, 7) is 3.85. The first kappa shape index (κ1) is 18.2. The van der Waals surface area contributed by atoms with E-state index in [0.29, 0.717) is 24.1 Å². The third-order valence-electron chi connectivity index (χ3n) is 3.37. The lowest BCUT2D eigenvalue weighted by atomic mass is 10.1. The zero-order valence-corrected chi connectivity index (χ0v) is 13.7. The lowest BCUT2D eigenvalue weighted by molar-refractivity contribution is -0.141. The normalized spacial score (nSPS) is 14.0. The number of esters is 2. The van der Waals surface area contributed by atoms with Gasteiger partial charge in [0.15, 0.2) is 0 Å². The molecule has 0 aromatic heterocycles. The quantitative estimate of drug-likeness (QED) is 0.607. The summed E-state index contributed by atoms with van der Waals surface area (Å²) >= 11 is 0. The van der Waals surface area contributed by atoms with Crippen molar-refractivity contribution in [1.82, 2.24) is 5.32 Å². The molecular weight excluding hydrogens is 322 g/mol. The van der Waals surface area contributed by atoms with Gasteiger partial charge in [0.2, 0.25) is 0 Å². The van der Waals surface area contributed by atoms with Gasteiger partial charge < -0.3 is 14.8 Å². The number of allylic oxidation sites excluding steroid dienone is 1. The largest absolute Gasteiger partial charge is 0.462 e. The summed E-state index contributed by atoms with van der Waals surface area (Å²) in [5, 5.41) is 2.62. The monoisotopic (exact) mass is 341 g/mol. The standard InChI is InChI=1S/C19H19NO5/c1-14-7-8-16(19(23)20-14)11-12-24-17(21)9-10-18(22)25-13-15-5-3-2-4-6-15/h2-6,8-10H,1,7,11-13H2,(H,20,23)/b10-9+. The van der Waals surface area contributed by atoms with Crippen LogP contribution in [0.1, 0.15) is 18.4 Å². The van der Waals surface area contributed by atoms with E-state index in [-0.39, 0.29) is 19.1 Å². The molecule has 25 heavy (non-hydrogen) atoms. The summed E-state index contributed by atoms with van der Waals surface area (Å²) in [7, 11) is 0. The fourth-order valence-corrected chi connectivity index (χ4v) is 2.07. The Bertz CT molecular complexity index is 719. The number of rotatable bonds is 7. The van der Waals surface area contributed by atoms with Crippen molar-refractivity contribution in [2.45, 2.75) is 19.4 Å². The van der Waals surface area contributed by atoms with E-state index in [1.165, 1.54) is 0 Å². The van der Waals surface area contributed by atoms with E-state index in [1.54, 1.807) is 6.08 Å². The summed E-state index contributed by atoms with van der Waals surface area (Å²) < 4.78 is 9.95. The molecule has 130 valence electrons. The lowest BCUT2D eigenvalue weighted by Gasteiger charge is -2.15. The van der Waals surface area contributed by atoms with Crippen molar-refractivity contribution in [3.63, 3.8) is 0 Å². The van der Waals surface area contributed by atoms with Crippen LogP contribution in [-0.4, -0.2) is 24.5 Å². The molecule has 1 amide bonds. The Hall–Kier alpha value is -3.15. The van der Waals surface area contributed by atoms with Crippen molar-refractivity contribution in [1.29, 1.82) is 0 Å². The van der Waals surface area contributed by atoms with Crippen LogP contribution in [0.25, 0.3) is 0 Å². The number of carbonyl (C=O) groups is 3. The zero-order valence-electron chi connectivity index (χ0n) is 13.7. The predicted molar refractivity (Wildman–Crippen MR) is 90.9 cm³/mol. The molecule has 0 saturated carbocycles. The van der Waals surface area contributed by atoms with Crippen molar-refractivity contribution in [2.75, 3.05) is 6.61 Å². The first-order valence-electron chi connectivity index (χ1n) is 7.78. The maximum absolute atomic E-state index is 11.6. The molecule has 0 aliphatic carbocycles. The van der Waals surface area contributed by atoms with E-state index in [4.69, 9.17) is 9.47 Å². The minimum Gasteiger partial charge on any atom is -0.462 e. The van der Waals surface area contributed by atoms with Crippen LogP contribution in [0.4, 0.5) is 0 Å². The SMILES string of the molecule is C=C1CC=C(CCOC(=O)/C=C/C(=O)OCc2ccccc2)C(=O)N1. The van der Waals surface area contributed by atoms with Gasteiger partial charge in [0.1, 0.15) is 6.61 Å². The molecule has 0 bridgehead atoms. The van der Waals surface area contributed by atoms with Gasteiger partial charge in [-0.05, 0) is 5.56 Å². The average Bonchev–Trinajstić information content (AvgIpc) is 2.61. The smallest absolute Gasteiger partial charge is 0.331 e. The minimum atomic E-state index is -0.669. The van der Waals surface area contributed by atoms with Gasteiger partial charge in [0, 0.05) is 36.3 Å². The summed E-state index contributed by atoms with van der Waals surface area (Å²) in [6.07, 6.45) is 4.65. The molecule has 0 fully saturated rings. The molecule has 0 spiro atoms. The molecule has 1 aliphatic heterocycles. The molecule has 0 radical (unpaired) electrons. The number of carbonyl (C=O) groups excluding carboxylic acids is 3. The number of ether oxygens (including phenoxy) is 2. The van der Waals surface area contributed by atoms with E-state index >= 15 is 0 Å². The minimum absolute atomic E-state index is 0.0496. The topological polar surface area (TPSA) is 81.7 Å². The Kier molecular flexibility index (Phi) is 6.71. The van der Waals surface area contributed by atoms with E-state index in [1.807, 2.05) is 30.3 Å². The molecule has 1 heterocycles. The number of hydrogen-bond donors (Lipinski definition) is 1. The summed E-state index contributed by atoms with van der Waals surface area (Å²) in [6, 6.07) is 9.21. The Morgan fingerprint density at radius 3 is 2.48 bits per heavy atom. The van der Waals surface area contributed by atoms with Gasteiger partial charge in [-0.25, -0.2) is 9.59 Å². The first-order chi connectivity index (χ1) is 12.0. The maximum atomic E-state index is 11.6. The van der Waals surface area contributed by atoms with Gasteiger partial charge in [-0.1, -0.05) is 43.0 Å². The maximum Gasteiger partial charge on any atom is 0.331 e. The van der Waals surface area contributed by atoms with Crippen LogP contribution < -0.4 is 5.32 Å². The number of nitrogens with one attached hydrogen (secondary N) is 1. The molecule has 6 heteroatoms. The van der Waals surface area contributed by atoms with Crippen LogP contribution in [0.15, 0.2) is 66.4 Å². The molecule has 2 rings (SSSR count). The molecule has 1 aliphatic rings. The van der Waals surface area contributed by atoms with Crippen LogP contribution in [0, 0.1) is 0 Å². The van der Waals surface area contributed by atoms with E-state index < -0.39 is 11.9 Å². The van der Waals surface area contributed by atoms with Crippen LogP contribution in [0.5, 0.6) is 0 Å². The van der Waals surface area contributed by atoms with Crippen molar-refractivity contribution in [3.8, 4) is 0 Å². The van der Waals surface area contributed by atoms with Crippen molar-refractivity contribution in [2.24, 2.45) is 0 Å². The Morgan fingerprint density at radius 1 is 1.12 bits per heavy atom. The van der Waals surface area contributed by atoms with Crippen LogP contribution >= 0.6 is 0 Å². The third-order valence-corrected chi connectivity index (χ3v) is 3.37. The van der Waals surface area contributed by atoms with Gasteiger partial charge in [-0.2, -0.15) is 0 Å². The molecule has 0 unspecified atom stereocenters. The fourth-order valence-electron chi connectivity index (χ4n) is 2.07. The van der Waals surface area contributed by atoms with Gasteiger partial charge in [0.05, 0.1) is 6.61 Å². The summed E-state index contributed by atoms with van der Waals surface area (Å²) in [4.78, 5) is 34.7. The molecule has 1 aromatic rings. The van der Waals surface area contributed by atoms with Gasteiger partial charge in [-0.3, -0.25) is 4.79 Å². The second-order valence-electron chi connectivity index (χ2n) is 5.34. The van der Waals surface area contributed by atoms with E-state index in [9.17, 15) is 14.4 Å². The molecule has 0 saturated heterocycles. The Balaban J connectivity index is 1.67. The predicted octanol–water partition coefficient (Wildman–Crippen LogP) is 2.18. The van der Waals surface area contributed by atoms with E-state index in [2.05, 4.69) is 11.9 Å². The second kappa shape index (κ2) is 9.22. The highest BCUT2D eigenvalue weighted by atomic mass is 16.5. The molecule has 1 N–H and O–H groups in total. The van der Waals surface area contributed by atoms with Crippen molar-refractivity contribution < 1.29 is 23.9 Å². The molecular formula is C19H19NO5. The highest BCUT2D eigenvalue weighted by Crippen LogP contribution is 2.12. The van der Waals surface area contributed by atoms with E-state index in [0.717, 1.165) is 17.7 Å². The summed E-state index contributed by atoms with van der Waals surface area (Å²) in [5.74, 6) is -1.53. The Labute approximate surface area is 145 Å². The van der Waals surface area contributed by atoms with Crippen molar-refractivity contribution in [3.05, 3.63) is 72.0 Å². The first-order valence-corrected chi connectivity index (χ1v) is 7.78. The Morgan fingerprint density at radius 2 is 1.80 bits per heavy atom. The molecule has 0 atom stereocenters. The second-order valence-corrected chi connectivity index (χ2v) is 5.34. The number of benzene rings is 1. The van der Waals surface area contributed by atoms with Crippen molar-refractivity contribution >= 4 is 17.8 Å². The highest BCUT2D eigenvalue weighted by molar-refractivity contribution is 5.95. The summed E-state index contributed by atoms with van der Waals surface area (Å²) in [5.41, 5.74) is 2.04. The number of hydrogen-bond acceptors (Lipinski definition) is 5. The van der Waals surface area contributed by atoms with Gasteiger partial charge >= 0.3 is 11.9 Å². The highest BCUT2D eigenvalue weighted by Gasteiger charge is 2.15. The van der Waals surface area contributed by atoms with Gasteiger partial charge in [-0.15, -0.1) is 0 Å². The fraction of sp³-hybridized carbons (Fsp3) is 0.211. The lowest BCUT2D eigenvalue weighted by Crippen LogP contribution is -2.27. The van der Waals surface area contributed by atoms with Crippen LogP contribution in [0.3, 0.4) is 0 Å². The zero-order chi connectivity index (χ0) is 18.1. The van der Waals surface area contributed by atoms with Gasteiger partial charge in [0.25, 0.3) is 5.91 Å². The average molecular weight is 341 g/mol. The number of amides is 1. The van der Waals surface area contributed by atoms with Crippen LogP contribution in [0.2, 0.25) is 0 Å². The molecule has 1 aromatic carbocycles.